The van der Waals surface area contributed by atoms with Gasteiger partial charge in [0.1, 0.15) is 17.2 Å². The molecule has 2 rings (SSSR count). The van der Waals surface area contributed by atoms with Crippen molar-refractivity contribution in [3.63, 3.8) is 0 Å². The molecule has 0 saturated carbocycles. The van der Waals surface area contributed by atoms with E-state index in [9.17, 15) is 13.4 Å². The molecule has 0 aliphatic rings. The number of hydrogen-bond acceptors (Lipinski definition) is 3. The van der Waals surface area contributed by atoms with Crippen molar-refractivity contribution in [2.45, 2.75) is 5.16 Å². The lowest BCUT2D eigenvalue weighted by Gasteiger charge is -1.98. The highest BCUT2D eigenvalue weighted by Gasteiger charge is 2.17. The van der Waals surface area contributed by atoms with Gasteiger partial charge in [0.2, 0.25) is 0 Å². The molecular formula is C11H10FN3O2S. The molecule has 0 radical (unpaired) electrons. The van der Waals surface area contributed by atoms with Crippen molar-refractivity contribution in [2.75, 3.05) is 6.26 Å². The van der Waals surface area contributed by atoms with Gasteiger partial charge in [0.15, 0.2) is 6.57 Å². The zero-order chi connectivity index (χ0) is 14.0. The van der Waals surface area contributed by atoms with Crippen molar-refractivity contribution in [3.8, 4) is 11.3 Å². The van der Waals surface area contributed by atoms with Gasteiger partial charge in [0.25, 0.3) is 5.91 Å². The largest absolute Gasteiger partial charge is 0.364 e. The Morgan fingerprint density at radius 1 is 1.50 bits per heavy atom. The van der Waals surface area contributed by atoms with E-state index in [-0.39, 0.29) is 16.5 Å². The van der Waals surface area contributed by atoms with Crippen LogP contribution in [0.2, 0.25) is 1.41 Å². The summed E-state index contributed by atoms with van der Waals surface area (Å²) >= 11 is 0. The fraction of sp³-hybridized carbons (Fsp3) is 0.0909. The number of aromatic nitrogens is 2. The number of H-pyrrole nitrogens is 1. The van der Waals surface area contributed by atoms with Crippen molar-refractivity contribution in [3.05, 3.63) is 35.8 Å². The summed E-state index contributed by atoms with van der Waals surface area (Å²) < 4.78 is 31.1. The van der Waals surface area contributed by atoms with Gasteiger partial charge in [-0.15, -0.1) is 0 Å². The van der Waals surface area contributed by atoms with Crippen molar-refractivity contribution in [1.82, 2.24) is 9.97 Å². The van der Waals surface area contributed by atoms with Gasteiger partial charge in [-0.2, -0.15) is 0 Å². The van der Waals surface area contributed by atoms with Gasteiger partial charge in [0, 0.05) is 11.8 Å². The van der Waals surface area contributed by atoms with Crippen molar-refractivity contribution >= 4 is 16.7 Å². The summed E-state index contributed by atoms with van der Waals surface area (Å²) in [5.74, 6) is -1.12. The number of carbonyl (C=O) groups excluding carboxylic acids is 1. The van der Waals surface area contributed by atoms with Crippen LogP contribution >= 0.6 is 0 Å². The lowest BCUT2D eigenvalue weighted by molar-refractivity contribution is 0.0996. The van der Waals surface area contributed by atoms with Crippen molar-refractivity contribution < 1.29 is 14.8 Å². The number of hydrogen-bond donors (Lipinski definition) is 2. The topological polar surface area (TPSA) is 88.8 Å². The predicted molar refractivity (Wildman–Crippen MR) is 64.8 cm³/mol. The van der Waals surface area contributed by atoms with Gasteiger partial charge < -0.3 is 10.7 Å². The average Bonchev–Trinajstić information content (AvgIpc) is 2.84. The highest BCUT2D eigenvalue weighted by Crippen LogP contribution is 2.22. The fourth-order valence-electron chi connectivity index (χ4n) is 1.47. The number of nitrogens with one attached hydrogen (secondary N) is 1. The number of nitrogens with zero attached hydrogens (tertiary/aromatic N) is 1. The van der Waals surface area contributed by atoms with E-state index in [0.717, 1.165) is 0 Å². The molecule has 1 aromatic carbocycles. The quantitative estimate of drug-likeness (QED) is 0.872. The third-order valence-corrected chi connectivity index (χ3v) is 3.04. The van der Waals surface area contributed by atoms with Gasteiger partial charge >= 0.3 is 0 Å². The van der Waals surface area contributed by atoms with Crippen LogP contribution < -0.4 is 5.73 Å². The summed E-state index contributed by atoms with van der Waals surface area (Å²) in [4.78, 5) is 18.2. The van der Waals surface area contributed by atoms with E-state index in [1.54, 1.807) is 5.73 Å². The van der Waals surface area contributed by atoms with Crippen molar-refractivity contribution in [2.24, 2.45) is 5.73 Å². The van der Waals surface area contributed by atoms with E-state index in [1.807, 2.05) is 0 Å². The highest BCUT2D eigenvalue weighted by atomic mass is 32.2. The molecule has 1 aromatic heterocycles. The lowest BCUT2D eigenvalue weighted by Crippen LogP contribution is -2.12. The molecule has 0 bridgehead atoms. The average molecular weight is 268 g/mol. The maximum absolute atomic E-state index is 12.9. The first-order valence-corrected chi connectivity index (χ1v) is 6.50. The van der Waals surface area contributed by atoms with Crippen LogP contribution in [0.25, 0.3) is 11.3 Å². The van der Waals surface area contributed by atoms with Crippen LogP contribution in [0.4, 0.5) is 4.39 Å². The number of primary amides is 1. The Labute approximate surface area is 106 Å². The third-order valence-electron chi connectivity index (χ3n) is 2.30. The molecule has 7 heteroatoms. The van der Waals surface area contributed by atoms with Crippen LogP contribution in [0, 0.1) is 5.82 Å². The fourth-order valence-corrected chi connectivity index (χ4v) is 1.93. The monoisotopic (exact) mass is 268 g/mol. The van der Waals surface area contributed by atoms with E-state index in [2.05, 4.69) is 9.97 Å². The SMILES string of the molecule is [2H]NC(=O)c1[nH]c(S(C)=O)nc1-c1ccc(F)cc1. The van der Waals surface area contributed by atoms with Gasteiger partial charge in [0.05, 0.1) is 10.8 Å². The summed E-state index contributed by atoms with van der Waals surface area (Å²) in [7, 11) is -1.40. The molecule has 1 atom stereocenters. The maximum atomic E-state index is 12.9. The van der Waals surface area contributed by atoms with Gasteiger partial charge in [-0.1, -0.05) is 0 Å². The minimum atomic E-state index is -1.40. The van der Waals surface area contributed by atoms with E-state index in [1.165, 1.54) is 30.5 Å². The molecule has 0 fully saturated rings. The summed E-state index contributed by atoms with van der Waals surface area (Å²) in [6.45, 7) is 0. The molecular weight excluding hydrogens is 257 g/mol. The minimum Gasteiger partial charge on any atom is -0.364 e. The Morgan fingerprint density at radius 3 is 2.72 bits per heavy atom. The predicted octanol–water partition coefficient (Wildman–Crippen LogP) is 1.05. The normalized spacial score (nSPS) is 12.9. The van der Waals surface area contributed by atoms with Crippen LogP contribution in [0.1, 0.15) is 10.5 Å². The number of amides is 1. The zero-order valence-electron chi connectivity index (χ0n) is 10.4. The number of nitrogens with two attached hydrogens (primary N) is 1. The number of rotatable bonds is 3. The van der Waals surface area contributed by atoms with Gasteiger partial charge in [-0.05, 0) is 24.3 Å². The van der Waals surface area contributed by atoms with E-state index < -0.39 is 22.5 Å². The molecule has 1 amide bonds. The first-order valence-electron chi connectivity index (χ1n) is 5.44. The smallest absolute Gasteiger partial charge is 0.267 e. The van der Waals surface area contributed by atoms with E-state index >= 15 is 0 Å². The molecule has 0 spiro atoms. The summed E-state index contributed by atoms with van der Waals surface area (Å²) in [6.07, 6.45) is 1.41. The van der Waals surface area contributed by atoms with Crippen LogP contribution in [-0.2, 0) is 10.8 Å². The van der Waals surface area contributed by atoms with Gasteiger partial charge in [-0.25, -0.2) is 9.37 Å². The Balaban J connectivity index is 2.57. The minimum absolute atomic E-state index is 0.0202. The number of imidazole rings is 1. The van der Waals surface area contributed by atoms with Crippen LogP contribution in [0.15, 0.2) is 29.4 Å². The molecule has 18 heavy (non-hydrogen) atoms. The van der Waals surface area contributed by atoms with Gasteiger partial charge in [-0.3, -0.25) is 9.00 Å². The standard InChI is InChI=1S/C11H10FN3O2S/c1-18(17)11-14-8(9(15-11)10(13)16)6-2-4-7(12)5-3-6/h2-5H,1H3,(H2,13,16)(H,14,15)/i/hD. The van der Waals surface area contributed by atoms with Crippen molar-refractivity contribution in [1.29, 1.82) is 0 Å². The molecule has 0 saturated heterocycles. The van der Waals surface area contributed by atoms with E-state index in [0.29, 0.717) is 5.56 Å². The molecule has 0 aliphatic heterocycles. The number of aromatic amines is 1. The van der Waals surface area contributed by atoms with Crippen LogP contribution in [0.3, 0.4) is 0 Å². The highest BCUT2D eigenvalue weighted by molar-refractivity contribution is 7.84. The van der Waals surface area contributed by atoms with E-state index in [4.69, 9.17) is 1.41 Å². The Kier molecular flexibility index (Phi) is 2.89. The summed E-state index contributed by atoms with van der Waals surface area (Å²) in [6, 6.07) is 5.37. The Hall–Kier alpha value is -2.02. The lowest BCUT2D eigenvalue weighted by atomic mass is 10.1. The maximum Gasteiger partial charge on any atom is 0.267 e. The second-order valence-electron chi connectivity index (χ2n) is 3.56. The molecule has 3 N–H and O–H groups in total. The number of carbonyl (C=O) groups is 1. The Bertz CT molecular complexity index is 642. The molecule has 0 aliphatic carbocycles. The molecule has 5 nitrogen and oxygen atoms in total. The third kappa shape index (κ3) is 2.30. The molecule has 1 unspecified atom stereocenters. The molecule has 94 valence electrons. The first kappa shape index (κ1) is 11.1. The summed E-state index contributed by atoms with van der Waals surface area (Å²) in [5, 5.41) is 0.123. The van der Waals surface area contributed by atoms with Crippen LogP contribution in [0.5, 0.6) is 0 Å². The van der Waals surface area contributed by atoms with Crippen LogP contribution in [-0.4, -0.2) is 26.3 Å². The summed E-state index contributed by atoms with van der Waals surface area (Å²) in [5.41, 5.74) is 2.47. The molecule has 1 heterocycles. The molecule has 2 aromatic rings. The second kappa shape index (κ2) is 4.69. The first-order chi connectivity index (χ1) is 9.02. The Morgan fingerprint density at radius 2 is 2.17 bits per heavy atom. The zero-order valence-corrected chi connectivity index (χ0v) is 10.2. The second-order valence-corrected chi connectivity index (χ2v) is 4.85. The number of halogens is 1. The number of benzene rings is 1.